The molecule has 1 unspecified atom stereocenters. The second kappa shape index (κ2) is 8.96. The molecule has 2 aromatic carbocycles. The number of anilines is 1. The molecule has 1 amide bonds. The Kier molecular flexibility index (Phi) is 6.07. The smallest absolute Gasteiger partial charge is 0.300 e. The van der Waals surface area contributed by atoms with E-state index in [4.69, 9.17) is 21.1 Å². The molecule has 1 aromatic heterocycles. The Labute approximate surface area is 195 Å². The number of carbonyl (C=O) groups excluding carboxylic acids is 2. The van der Waals surface area contributed by atoms with Gasteiger partial charge in [0, 0.05) is 29.2 Å². The predicted octanol–water partition coefficient (Wildman–Crippen LogP) is 4.69. The van der Waals surface area contributed by atoms with E-state index < -0.39 is 17.7 Å². The maximum atomic E-state index is 13.2. The molecule has 168 valence electrons. The van der Waals surface area contributed by atoms with Gasteiger partial charge >= 0.3 is 0 Å². The van der Waals surface area contributed by atoms with Gasteiger partial charge in [-0.25, -0.2) is 0 Å². The number of hydrogen-bond donors (Lipinski definition) is 1. The fraction of sp³-hybridized carbons (Fsp3) is 0.160. The first-order valence-electron chi connectivity index (χ1n) is 10.1. The highest BCUT2D eigenvalue weighted by atomic mass is 35.5. The average Bonchev–Trinajstić information content (AvgIpc) is 3.11. The maximum absolute atomic E-state index is 13.2. The van der Waals surface area contributed by atoms with Crippen molar-refractivity contribution in [1.82, 2.24) is 4.98 Å². The Morgan fingerprint density at radius 2 is 1.76 bits per heavy atom. The van der Waals surface area contributed by atoms with Crippen LogP contribution in [-0.4, -0.2) is 36.0 Å². The minimum Gasteiger partial charge on any atom is -0.507 e. The van der Waals surface area contributed by atoms with E-state index in [2.05, 4.69) is 4.98 Å². The van der Waals surface area contributed by atoms with E-state index in [-0.39, 0.29) is 16.9 Å². The van der Waals surface area contributed by atoms with E-state index in [9.17, 15) is 14.7 Å². The van der Waals surface area contributed by atoms with Gasteiger partial charge in [0.25, 0.3) is 11.7 Å². The Hall–Kier alpha value is -3.84. The van der Waals surface area contributed by atoms with Gasteiger partial charge in [0.2, 0.25) is 0 Å². The second-order valence-electron chi connectivity index (χ2n) is 7.45. The van der Waals surface area contributed by atoms with Gasteiger partial charge in [0.05, 0.1) is 31.4 Å². The summed E-state index contributed by atoms with van der Waals surface area (Å²) in [5.41, 5.74) is 2.08. The largest absolute Gasteiger partial charge is 0.507 e. The number of hydrogen-bond acceptors (Lipinski definition) is 6. The van der Waals surface area contributed by atoms with Gasteiger partial charge in [0.15, 0.2) is 0 Å². The minimum absolute atomic E-state index is 0.0636. The van der Waals surface area contributed by atoms with Gasteiger partial charge in [-0.2, -0.15) is 0 Å². The van der Waals surface area contributed by atoms with Gasteiger partial charge in [-0.1, -0.05) is 17.7 Å². The zero-order chi connectivity index (χ0) is 23.7. The SMILES string of the molecule is COc1ccc(/C(O)=C2/C(=O)C(=O)N(c3ccc(C)c(Cl)c3)C2c2ccncc2)c(OC)c1. The van der Waals surface area contributed by atoms with E-state index in [1.165, 1.54) is 19.1 Å². The van der Waals surface area contributed by atoms with Crippen LogP contribution in [0.3, 0.4) is 0 Å². The first-order chi connectivity index (χ1) is 15.9. The van der Waals surface area contributed by atoms with Crippen molar-refractivity contribution in [2.45, 2.75) is 13.0 Å². The summed E-state index contributed by atoms with van der Waals surface area (Å²) in [4.78, 5) is 31.8. The number of aliphatic hydroxyl groups is 1. The molecule has 0 spiro atoms. The molecule has 4 rings (SSSR count). The second-order valence-corrected chi connectivity index (χ2v) is 7.86. The van der Waals surface area contributed by atoms with Crippen LogP contribution in [0.5, 0.6) is 11.5 Å². The lowest BCUT2D eigenvalue weighted by Crippen LogP contribution is -2.29. The average molecular weight is 465 g/mol. The summed E-state index contributed by atoms with van der Waals surface area (Å²) in [7, 11) is 2.95. The molecule has 0 radical (unpaired) electrons. The summed E-state index contributed by atoms with van der Waals surface area (Å²) in [5.74, 6) is -1.13. The third kappa shape index (κ3) is 3.91. The van der Waals surface area contributed by atoms with Crippen LogP contribution in [0.1, 0.15) is 22.7 Å². The molecule has 2 heterocycles. The van der Waals surface area contributed by atoms with Gasteiger partial charge in [0.1, 0.15) is 17.3 Å². The highest BCUT2D eigenvalue weighted by molar-refractivity contribution is 6.51. The van der Waals surface area contributed by atoms with Crippen molar-refractivity contribution in [2.75, 3.05) is 19.1 Å². The summed E-state index contributed by atoms with van der Waals surface area (Å²) in [5, 5.41) is 11.8. The van der Waals surface area contributed by atoms with Crippen LogP contribution in [0.15, 0.2) is 66.5 Å². The number of nitrogens with zero attached hydrogens (tertiary/aromatic N) is 2. The first-order valence-corrected chi connectivity index (χ1v) is 10.4. The zero-order valence-corrected chi connectivity index (χ0v) is 19.0. The summed E-state index contributed by atoms with van der Waals surface area (Å²) in [6.45, 7) is 1.84. The molecule has 8 heteroatoms. The number of ether oxygens (including phenoxy) is 2. The number of rotatable bonds is 5. The quantitative estimate of drug-likeness (QED) is 0.335. The van der Waals surface area contributed by atoms with Gasteiger partial charge in [-0.15, -0.1) is 0 Å². The van der Waals surface area contributed by atoms with Crippen LogP contribution in [-0.2, 0) is 9.59 Å². The fourth-order valence-electron chi connectivity index (χ4n) is 3.83. The van der Waals surface area contributed by atoms with E-state index in [0.717, 1.165) is 5.56 Å². The van der Waals surface area contributed by atoms with Crippen molar-refractivity contribution in [3.63, 3.8) is 0 Å². The summed E-state index contributed by atoms with van der Waals surface area (Å²) >= 11 is 6.31. The number of methoxy groups -OCH3 is 2. The number of aromatic nitrogens is 1. The van der Waals surface area contributed by atoms with Crippen molar-refractivity contribution in [1.29, 1.82) is 0 Å². The lowest BCUT2D eigenvalue weighted by atomic mass is 9.95. The van der Waals surface area contributed by atoms with Crippen molar-refractivity contribution < 1.29 is 24.2 Å². The Balaban J connectivity index is 1.96. The van der Waals surface area contributed by atoms with Crippen LogP contribution in [0, 0.1) is 6.92 Å². The highest BCUT2D eigenvalue weighted by Crippen LogP contribution is 2.44. The van der Waals surface area contributed by atoms with E-state index >= 15 is 0 Å². The molecule has 0 saturated carbocycles. The Morgan fingerprint density at radius 1 is 1.03 bits per heavy atom. The fourth-order valence-corrected chi connectivity index (χ4v) is 4.01. The number of aliphatic hydroxyl groups excluding tert-OH is 1. The lowest BCUT2D eigenvalue weighted by Gasteiger charge is -2.25. The molecule has 1 fully saturated rings. The molecule has 1 aliphatic rings. The number of Topliss-reactive ketones (excluding diaryl/α,β-unsaturated/α-hetero) is 1. The van der Waals surface area contributed by atoms with Crippen molar-refractivity contribution in [2.24, 2.45) is 0 Å². The number of carbonyl (C=O) groups is 2. The number of ketones is 1. The van der Waals surface area contributed by atoms with Crippen molar-refractivity contribution in [3.05, 3.63) is 88.2 Å². The normalized spacial score (nSPS) is 17.3. The molecule has 1 N–H and O–H groups in total. The number of aryl methyl sites for hydroxylation is 1. The molecular weight excluding hydrogens is 444 g/mol. The Bertz CT molecular complexity index is 1270. The highest BCUT2D eigenvalue weighted by Gasteiger charge is 2.47. The topological polar surface area (TPSA) is 89.0 Å². The van der Waals surface area contributed by atoms with E-state index in [0.29, 0.717) is 27.8 Å². The molecule has 0 aliphatic carbocycles. The van der Waals surface area contributed by atoms with Gasteiger partial charge in [-0.3, -0.25) is 19.5 Å². The van der Waals surface area contributed by atoms with Crippen molar-refractivity contribution >= 4 is 34.7 Å². The summed E-state index contributed by atoms with van der Waals surface area (Å²) in [6, 6.07) is 12.4. The van der Waals surface area contributed by atoms with Gasteiger partial charge in [-0.05, 0) is 54.4 Å². The number of amides is 1. The molecule has 3 aromatic rings. The standard InChI is InChI=1S/C25H21ClN2O5/c1-14-4-5-16(12-19(14)26)28-22(15-8-10-27-11-9-15)21(24(30)25(28)31)23(29)18-7-6-17(32-2)13-20(18)33-3/h4-13,22,29H,1-3H3/b23-21-. The summed E-state index contributed by atoms with van der Waals surface area (Å²) in [6.07, 6.45) is 3.12. The molecule has 7 nitrogen and oxygen atoms in total. The Morgan fingerprint density at radius 3 is 2.39 bits per heavy atom. The molecule has 1 saturated heterocycles. The molecule has 1 atom stereocenters. The minimum atomic E-state index is -0.890. The molecule has 33 heavy (non-hydrogen) atoms. The van der Waals surface area contributed by atoms with E-state index in [1.54, 1.807) is 60.9 Å². The number of pyridine rings is 1. The molecular formula is C25H21ClN2O5. The molecule has 0 bridgehead atoms. The first kappa shape index (κ1) is 22.4. The number of benzene rings is 2. The van der Waals surface area contributed by atoms with E-state index in [1.807, 2.05) is 6.92 Å². The van der Waals surface area contributed by atoms with Crippen LogP contribution in [0.25, 0.3) is 5.76 Å². The van der Waals surface area contributed by atoms with Gasteiger partial charge < -0.3 is 14.6 Å². The monoisotopic (exact) mass is 464 g/mol. The van der Waals surface area contributed by atoms with Crippen LogP contribution in [0.4, 0.5) is 5.69 Å². The predicted molar refractivity (Wildman–Crippen MR) is 125 cm³/mol. The zero-order valence-electron chi connectivity index (χ0n) is 18.2. The van der Waals surface area contributed by atoms with Crippen molar-refractivity contribution in [3.8, 4) is 11.5 Å². The summed E-state index contributed by atoms with van der Waals surface area (Å²) < 4.78 is 10.6. The third-order valence-electron chi connectivity index (χ3n) is 5.56. The van der Waals surface area contributed by atoms with Crippen LogP contribution < -0.4 is 14.4 Å². The van der Waals surface area contributed by atoms with Crippen LogP contribution in [0.2, 0.25) is 5.02 Å². The maximum Gasteiger partial charge on any atom is 0.300 e. The lowest BCUT2D eigenvalue weighted by molar-refractivity contribution is -0.132. The third-order valence-corrected chi connectivity index (χ3v) is 5.97. The van der Waals surface area contributed by atoms with Crippen LogP contribution >= 0.6 is 11.6 Å². The number of halogens is 1. The molecule has 1 aliphatic heterocycles.